The van der Waals surface area contributed by atoms with Crippen LogP contribution in [0.3, 0.4) is 0 Å². The molecule has 8 atom stereocenters. The number of nitrogens with zero attached hydrogens (tertiary/aromatic N) is 2. The number of rotatable bonds is 8. The first-order valence-electron chi connectivity index (χ1n) is 19.0. The van der Waals surface area contributed by atoms with Gasteiger partial charge in [-0.3, -0.25) is 19.9 Å². The minimum Gasteiger partial charge on any atom is -0.507 e. The Labute approximate surface area is 323 Å². The summed E-state index contributed by atoms with van der Waals surface area (Å²) < 4.78 is 41.4. The van der Waals surface area contributed by atoms with Crippen LogP contribution < -0.4 is 10.1 Å². The molecule has 4 heterocycles. The number of phenols is 2. The van der Waals surface area contributed by atoms with Crippen molar-refractivity contribution < 1.29 is 62.9 Å². The van der Waals surface area contributed by atoms with Gasteiger partial charge in [0, 0.05) is 68.7 Å². The van der Waals surface area contributed by atoms with Gasteiger partial charge in [-0.1, -0.05) is 12.1 Å². The van der Waals surface area contributed by atoms with Crippen LogP contribution in [0.1, 0.15) is 76.9 Å². The summed E-state index contributed by atoms with van der Waals surface area (Å²) in [5.74, 6) is -2.44. The van der Waals surface area contributed by atoms with E-state index >= 15 is 0 Å². The summed E-state index contributed by atoms with van der Waals surface area (Å²) in [4.78, 5) is 44.6. The van der Waals surface area contributed by atoms with E-state index in [1.807, 2.05) is 6.92 Å². The molecule has 8 rings (SSSR count). The quantitative estimate of drug-likeness (QED) is 0.206. The molecule has 17 nitrogen and oxygen atoms in total. The van der Waals surface area contributed by atoms with E-state index in [9.17, 15) is 29.7 Å². The molecule has 302 valence electrons. The second-order valence-corrected chi connectivity index (χ2v) is 15.3. The van der Waals surface area contributed by atoms with E-state index in [0.717, 1.165) is 13.1 Å². The van der Waals surface area contributed by atoms with Gasteiger partial charge in [0.05, 0.1) is 48.3 Å². The molecule has 6 aliphatic rings. The lowest BCUT2D eigenvalue weighted by atomic mass is 9.71. The van der Waals surface area contributed by atoms with Crippen molar-refractivity contribution in [1.29, 1.82) is 5.41 Å². The minimum atomic E-state index is -2.28. The smallest absolute Gasteiger partial charge is 0.410 e. The number of nitrogens with one attached hydrogen (secondary N) is 2. The number of aromatic hydroxyl groups is 2. The fourth-order valence-corrected chi connectivity index (χ4v) is 9.29. The number of benzene rings is 2. The van der Waals surface area contributed by atoms with Crippen molar-refractivity contribution in [2.75, 3.05) is 54.1 Å². The number of phenolic OH excluding ortho intramolecular Hbond substituents is 2. The predicted molar refractivity (Wildman–Crippen MR) is 194 cm³/mol. The lowest BCUT2D eigenvalue weighted by molar-refractivity contribution is -0.256. The first kappa shape index (κ1) is 38.7. The van der Waals surface area contributed by atoms with Gasteiger partial charge < -0.3 is 58.7 Å². The number of hydrogen-bond acceptors (Lipinski definition) is 16. The first-order valence-corrected chi connectivity index (χ1v) is 19.0. The molecule has 0 bridgehead atoms. The molecular formula is C39H48N4O13. The molecule has 4 saturated heterocycles. The van der Waals surface area contributed by atoms with Crippen LogP contribution in [0.15, 0.2) is 18.2 Å². The maximum absolute atomic E-state index is 14.0. The summed E-state index contributed by atoms with van der Waals surface area (Å²) in [7, 11) is 4.55. The van der Waals surface area contributed by atoms with Crippen LogP contribution in [0, 0.1) is 5.41 Å². The van der Waals surface area contributed by atoms with Crippen molar-refractivity contribution in [2.45, 2.75) is 93.8 Å². The van der Waals surface area contributed by atoms with Gasteiger partial charge in [0.15, 0.2) is 31.2 Å². The van der Waals surface area contributed by atoms with Gasteiger partial charge >= 0.3 is 6.09 Å². The van der Waals surface area contributed by atoms with Crippen molar-refractivity contribution in [1.82, 2.24) is 15.1 Å². The molecule has 0 saturated carbocycles. The van der Waals surface area contributed by atoms with Crippen molar-refractivity contribution >= 4 is 23.4 Å². The third-order valence-corrected chi connectivity index (χ3v) is 12.2. The summed E-state index contributed by atoms with van der Waals surface area (Å²) in [5.41, 5.74) is -3.01. The van der Waals surface area contributed by atoms with Crippen LogP contribution in [0.5, 0.6) is 17.2 Å². The number of carbonyl (C=O) groups is 3. The van der Waals surface area contributed by atoms with E-state index in [2.05, 4.69) is 10.2 Å². The van der Waals surface area contributed by atoms with E-state index < -0.39 is 85.2 Å². The number of piperidine rings is 1. The van der Waals surface area contributed by atoms with E-state index in [0.29, 0.717) is 26.0 Å². The highest BCUT2D eigenvalue weighted by molar-refractivity contribution is 6.32. The largest absolute Gasteiger partial charge is 0.507 e. The number of carbonyl (C=O) groups excluding carboxylic acids is 3. The maximum atomic E-state index is 14.0. The number of morpholine rings is 1. The number of Topliss-reactive ketones (excluding diaryl/α,β-unsaturated/α-hetero) is 1. The number of fused-ring (bicyclic) bond motifs is 6. The van der Waals surface area contributed by atoms with Crippen LogP contribution in [-0.4, -0.2) is 151 Å². The summed E-state index contributed by atoms with van der Waals surface area (Å²) in [5, 5.41) is 48.6. The number of hydrogen-bond donors (Lipinski definition) is 5. The zero-order chi connectivity index (χ0) is 39.6. The van der Waals surface area contributed by atoms with Gasteiger partial charge in [0.25, 0.3) is 0 Å². The van der Waals surface area contributed by atoms with Crippen molar-refractivity contribution in [3.63, 3.8) is 0 Å². The summed E-state index contributed by atoms with van der Waals surface area (Å²) in [6.45, 7) is 3.53. The van der Waals surface area contributed by atoms with Gasteiger partial charge in [-0.05, 0) is 38.9 Å². The highest BCUT2D eigenvalue weighted by Gasteiger charge is 2.55. The van der Waals surface area contributed by atoms with Crippen molar-refractivity contribution in [2.24, 2.45) is 0 Å². The van der Waals surface area contributed by atoms with Gasteiger partial charge in [-0.2, -0.15) is 0 Å². The molecule has 17 heteroatoms. The second kappa shape index (κ2) is 14.9. The van der Waals surface area contributed by atoms with Gasteiger partial charge in [0.1, 0.15) is 29.0 Å². The molecule has 2 aromatic carbocycles. The van der Waals surface area contributed by atoms with E-state index in [1.165, 1.54) is 18.1 Å². The van der Waals surface area contributed by atoms with Crippen molar-refractivity contribution in [3.05, 3.63) is 51.6 Å². The molecule has 1 amide bonds. The Bertz CT molecular complexity index is 1940. The Kier molecular flexibility index (Phi) is 10.3. The summed E-state index contributed by atoms with van der Waals surface area (Å²) in [6.07, 6.45) is -4.14. The third-order valence-electron chi connectivity index (χ3n) is 12.2. The Morgan fingerprint density at radius 3 is 2.61 bits per heavy atom. The highest BCUT2D eigenvalue weighted by atomic mass is 16.7. The monoisotopic (exact) mass is 780 g/mol. The summed E-state index contributed by atoms with van der Waals surface area (Å²) >= 11 is 0. The van der Waals surface area contributed by atoms with Crippen LogP contribution >= 0.6 is 0 Å². The Morgan fingerprint density at radius 2 is 1.88 bits per heavy atom. The molecule has 0 spiro atoms. The van der Waals surface area contributed by atoms with Crippen LogP contribution in [0.4, 0.5) is 4.79 Å². The Balaban J connectivity index is 1.14. The maximum Gasteiger partial charge on any atom is 0.410 e. The fourth-order valence-electron chi connectivity index (χ4n) is 9.29. The zero-order valence-corrected chi connectivity index (χ0v) is 31.7. The molecule has 4 fully saturated rings. The highest BCUT2D eigenvalue weighted by Crippen LogP contribution is 2.53. The standard InChI is InChI=1S/C39H48N4O13/c1-18-35-22(43-12-13-52-37(51-4)36(43)56-35)14-26(54-18)55-24-16-39(49,25(44)17-53-38(48)42(2)19-8-10-41-11-9-19)15-21-28(24)34(47)29-30(33(21)46)32(45)20-6-5-7-23(50-3)27(20)31(29)40/h5-7,18-19,22,24,26,35-37,40-41,46-47,49H,8-17H2,1-4H3/t18-,22-,24-,26-,35+,36+,37-,39-/m0/s1. The zero-order valence-electron chi connectivity index (χ0n) is 31.7. The molecule has 2 aliphatic carbocycles. The second-order valence-electron chi connectivity index (χ2n) is 15.3. The lowest BCUT2D eigenvalue weighted by Gasteiger charge is -2.43. The normalized spacial score (nSPS) is 31.4. The first-order chi connectivity index (χ1) is 26.9. The Hall–Kier alpha value is -4.20. The molecule has 0 unspecified atom stereocenters. The molecule has 0 radical (unpaired) electrons. The summed E-state index contributed by atoms with van der Waals surface area (Å²) in [6, 6.07) is 4.39. The molecule has 4 aliphatic heterocycles. The number of ketones is 2. The topological polar surface area (TPSA) is 219 Å². The molecule has 0 aromatic heterocycles. The molecule has 56 heavy (non-hydrogen) atoms. The number of methoxy groups -OCH3 is 2. The number of amides is 1. The average molecular weight is 781 g/mol. The van der Waals surface area contributed by atoms with E-state index in [4.69, 9.17) is 38.6 Å². The van der Waals surface area contributed by atoms with Crippen LogP contribution in [0.25, 0.3) is 0 Å². The predicted octanol–water partition coefficient (Wildman–Crippen LogP) is 1.72. The van der Waals surface area contributed by atoms with Crippen molar-refractivity contribution in [3.8, 4) is 17.2 Å². The molecule has 2 aromatic rings. The van der Waals surface area contributed by atoms with Gasteiger partial charge in [-0.15, -0.1) is 0 Å². The Morgan fingerprint density at radius 1 is 1.11 bits per heavy atom. The SMILES string of the molecule is COc1cccc2c1C(=N)c1c(O)c3c(c(O)c1C2=O)C[C@@](O)(C(=O)COC(=O)N(C)C1CCNCC1)C[C@@H]3O[C@H]1C[C@H]2[C@H](O[C@@H]3[C@@H](OC)OCCN32)[C@H](C)O1. The lowest BCUT2D eigenvalue weighted by Crippen LogP contribution is -2.55. The van der Waals surface area contributed by atoms with Crippen LogP contribution in [-0.2, 0) is 39.6 Å². The van der Waals surface area contributed by atoms with Gasteiger partial charge in [0.2, 0.25) is 5.78 Å². The average Bonchev–Trinajstić information content (AvgIpc) is 3.59. The van der Waals surface area contributed by atoms with Gasteiger partial charge in [-0.25, -0.2) is 4.79 Å². The van der Waals surface area contributed by atoms with E-state index in [-0.39, 0.29) is 69.5 Å². The number of aliphatic hydroxyl groups is 1. The minimum absolute atomic E-state index is 0.00186. The molecule has 5 N–H and O–H groups in total. The molecular weight excluding hydrogens is 732 g/mol. The van der Waals surface area contributed by atoms with E-state index in [1.54, 1.807) is 26.3 Å². The van der Waals surface area contributed by atoms with Crippen LogP contribution in [0.2, 0.25) is 0 Å². The third kappa shape index (κ3) is 6.34. The number of ether oxygens (including phenoxy) is 7. The fraction of sp³-hybridized carbons (Fsp3) is 0.590.